The Hall–Kier alpha value is -2.82. The first-order valence-corrected chi connectivity index (χ1v) is 12.1. The number of fused-ring (bicyclic) bond motifs is 2. The second-order valence-electron chi connectivity index (χ2n) is 8.43. The van der Waals surface area contributed by atoms with E-state index >= 15 is 0 Å². The van der Waals surface area contributed by atoms with Crippen molar-refractivity contribution in [1.29, 1.82) is 0 Å². The number of unbranched alkanes of at least 4 members (excludes halogenated alkanes) is 1. The van der Waals surface area contributed by atoms with Crippen LogP contribution >= 0.6 is 11.6 Å². The van der Waals surface area contributed by atoms with Crippen molar-refractivity contribution in [2.45, 2.75) is 33.2 Å². The number of nitrogens with zero attached hydrogens (tertiary/aromatic N) is 2. The fraction of sp³-hybridized carbons (Fsp3) is 0.321. The number of amides is 1. The maximum atomic E-state index is 13.5. The van der Waals surface area contributed by atoms with Crippen LogP contribution in [0.1, 0.15) is 42.8 Å². The number of halogens is 1. The van der Waals surface area contributed by atoms with Crippen LogP contribution in [-0.2, 0) is 6.54 Å². The molecule has 172 valence electrons. The molecule has 0 saturated carbocycles. The molecular weight excluding hydrogens is 432 g/mol. The third-order valence-corrected chi connectivity index (χ3v) is 6.45. The fourth-order valence-electron chi connectivity index (χ4n) is 4.26. The number of hydrogen-bond donors (Lipinski definition) is 0. The first-order chi connectivity index (χ1) is 16.1. The minimum Gasteiger partial charge on any atom is -0.451 e. The summed E-state index contributed by atoms with van der Waals surface area (Å²) in [6, 6.07) is 21.9. The summed E-state index contributed by atoms with van der Waals surface area (Å²) in [5.74, 6) is 0.273. The number of furan rings is 1. The van der Waals surface area contributed by atoms with Crippen LogP contribution in [0.15, 0.2) is 71.1 Å². The Labute approximate surface area is 200 Å². The van der Waals surface area contributed by atoms with Gasteiger partial charge in [0.05, 0.1) is 0 Å². The van der Waals surface area contributed by atoms with Crippen molar-refractivity contribution >= 4 is 39.2 Å². The summed E-state index contributed by atoms with van der Waals surface area (Å²) >= 11 is 6.12. The van der Waals surface area contributed by atoms with E-state index in [1.807, 2.05) is 29.2 Å². The molecule has 0 bridgehead atoms. The van der Waals surface area contributed by atoms with Crippen molar-refractivity contribution in [3.63, 3.8) is 0 Å². The van der Waals surface area contributed by atoms with Crippen LogP contribution in [0.4, 0.5) is 0 Å². The molecule has 0 saturated heterocycles. The topological polar surface area (TPSA) is 36.7 Å². The lowest BCUT2D eigenvalue weighted by molar-refractivity contribution is 0.0709. The highest BCUT2D eigenvalue weighted by Crippen LogP contribution is 2.25. The summed E-state index contributed by atoms with van der Waals surface area (Å²) < 4.78 is 5.89. The molecule has 1 heterocycles. The van der Waals surface area contributed by atoms with Crippen LogP contribution in [0.2, 0.25) is 5.02 Å². The number of benzene rings is 3. The molecule has 4 rings (SSSR count). The number of carbonyl (C=O) groups is 1. The smallest absolute Gasteiger partial charge is 0.289 e. The highest BCUT2D eigenvalue weighted by Gasteiger charge is 2.20. The maximum absolute atomic E-state index is 13.5. The van der Waals surface area contributed by atoms with Crippen molar-refractivity contribution in [1.82, 2.24) is 9.80 Å². The van der Waals surface area contributed by atoms with E-state index in [0.29, 0.717) is 29.5 Å². The van der Waals surface area contributed by atoms with Crippen LogP contribution in [0, 0.1) is 0 Å². The van der Waals surface area contributed by atoms with Gasteiger partial charge in [-0.15, -0.1) is 0 Å². The summed E-state index contributed by atoms with van der Waals surface area (Å²) in [4.78, 5) is 17.8. The van der Waals surface area contributed by atoms with E-state index in [1.165, 1.54) is 10.8 Å². The summed E-state index contributed by atoms with van der Waals surface area (Å²) in [6.45, 7) is 8.76. The predicted molar refractivity (Wildman–Crippen MR) is 137 cm³/mol. The van der Waals surface area contributed by atoms with Crippen molar-refractivity contribution in [2.24, 2.45) is 0 Å². The lowest BCUT2D eigenvalue weighted by atomic mass is 10.1. The van der Waals surface area contributed by atoms with Crippen molar-refractivity contribution in [3.8, 4) is 0 Å². The molecule has 0 spiro atoms. The summed E-state index contributed by atoms with van der Waals surface area (Å²) in [6.07, 6.45) is 2.00. The highest BCUT2D eigenvalue weighted by atomic mass is 35.5. The zero-order valence-electron chi connectivity index (χ0n) is 19.4. The summed E-state index contributed by atoms with van der Waals surface area (Å²) in [5.41, 5.74) is 1.79. The maximum Gasteiger partial charge on any atom is 0.289 e. The molecule has 0 atom stereocenters. The molecule has 0 aliphatic heterocycles. The van der Waals surface area contributed by atoms with E-state index in [9.17, 15) is 4.79 Å². The molecule has 33 heavy (non-hydrogen) atoms. The molecule has 0 fully saturated rings. The first kappa shape index (κ1) is 23.3. The normalized spacial score (nSPS) is 11.5. The van der Waals surface area contributed by atoms with Gasteiger partial charge in [0.2, 0.25) is 0 Å². The van der Waals surface area contributed by atoms with E-state index in [4.69, 9.17) is 16.0 Å². The van der Waals surface area contributed by atoms with Crippen molar-refractivity contribution in [2.75, 3.05) is 26.2 Å². The van der Waals surface area contributed by atoms with Crippen molar-refractivity contribution in [3.05, 3.63) is 83.1 Å². The molecule has 5 heteroatoms. The summed E-state index contributed by atoms with van der Waals surface area (Å²) in [7, 11) is 0. The number of hydrogen-bond acceptors (Lipinski definition) is 3. The van der Waals surface area contributed by atoms with Gasteiger partial charge in [-0.25, -0.2) is 0 Å². The molecule has 3 aromatic carbocycles. The summed E-state index contributed by atoms with van der Waals surface area (Å²) in [5, 5.41) is 3.86. The van der Waals surface area contributed by atoms with Gasteiger partial charge >= 0.3 is 0 Å². The van der Waals surface area contributed by atoms with Gasteiger partial charge in [-0.3, -0.25) is 4.79 Å². The van der Waals surface area contributed by atoms with Crippen LogP contribution in [0.3, 0.4) is 0 Å². The Bertz CT molecular complexity index is 1230. The van der Waals surface area contributed by atoms with Crippen LogP contribution in [-0.4, -0.2) is 41.9 Å². The molecule has 1 amide bonds. The van der Waals surface area contributed by atoms with Gasteiger partial charge in [-0.05, 0) is 79.1 Å². The third kappa shape index (κ3) is 5.76. The molecule has 0 radical (unpaired) electrons. The van der Waals surface area contributed by atoms with E-state index < -0.39 is 0 Å². The third-order valence-electron chi connectivity index (χ3n) is 6.21. The lowest BCUT2D eigenvalue weighted by Crippen LogP contribution is -2.32. The fourth-order valence-corrected chi connectivity index (χ4v) is 4.44. The van der Waals surface area contributed by atoms with Gasteiger partial charge < -0.3 is 14.2 Å². The van der Waals surface area contributed by atoms with E-state index in [-0.39, 0.29) is 5.91 Å². The Morgan fingerprint density at radius 3 is 2.39 bits per heavy atom. The van der Waals surface area contributed by atoms with E-state index in [2.05, 4.69) is 49.1 Å². The molecular formula is C28H31ClN2O2. The van der Waals surface area contributed by atoms with Crippen molar-refractivity contribution < 1.29 is 9.21 Å². The van der Waals surface area contributed by atoms with Crippen LogP contribution < -0.4 is 0 Å². The molecule has 0 N–H and O–H groups in total. The van der Waals surface area contributed by atoms with Gasteiger partial charge in [0.15, 0.2) is 5.76 Å². The van der Waals surface area contributed by atoms with Gasteiger partial charge in [-0.1, -0.05) is 61.8 Å². The van der Waals surface area contributed by atoms with E-state index in [1.54, 1.807) is 12.1 Å². The van der Waals surface area contributed by atoms with Gasteiger partial charge in [0.25, 0.3) is 5.91 Å². The molecule has 0 unspecified atom stereocenters. The molecule has 0 aliphatic carbocycles. The van der Waals surface area contributed by atoms with Gasteiger partial charge in [0, 0.05) is 23.5 Å². The standard InChI is InChI=1S/C28H31ClN2O2/c1-3-30(4-2)15-7-8-16-31(20-21-11-12-22-9-5-6-10-23(22)17-21)28(32)27-19-24-18-25(29)13-14-26(24)33-27/h5-6,9-14,17-19H,3-4,7-8,15-16,20H2,1-2H3. The Kier molecular flexibility index (Phi) is 7.69. The van der Waals surface area contributed by atoms with Crippen LogP contribution in [0.5, 0.6) is 0 Å². The van der Waals surface area contributed by atoms with Gasteiger partial charge in [-0.2, -0.15) is 0 Å². The average molecular weight is 463 g/mol. The van der Waals surface area contributed by atoms with E-state index in [0.717, 1.165) is 43.4 Å². The lowest BCUT2D eigenvalue weighted by Gasteiger charge is -2.23. The number of carbonyl (C=O) groups excluding carboxylic acids is 1. The Morgan fingerprint density at radius 1 is 0.848 bits per heavy atom. The molecule has 0 aliphatic rings. The SMILES string of the molecule is CCN(CC)CCCCN(Cc1ccc2ccccc2c1)C(=O)c1cc2cc(Cl)ccc2o1. The monoisotopic (exact) mass is 462 g/mol. The zero-order chi connectivity index (χ0) is 23.2. The minimum atomic E-state index is -0.0849. The largest absolute Gasteiger partial charge is 0.451 e. The Balaban J connectivity index is 1.54. The number of rotatable bonds is 10. The Morgan fingerprint density at radius 2 is 1.61 bits per heavy atom. The molecule has 4 nitrogen and oxygen atoms in total. The van der Waals surface area contributed by atoms with Gasteiger partial charge in [0.1, 0.15) is 5.58 Å². The van der Waals surface area contributed by atoms with Crippen LogP contribution in [0.25, 0.3) is 21.7 Å². The highest BCUT2D eigenvalue weighted by molar-refractivity contribution is 6.31. The average Bonchev–Trinajstić information content (AvgIpc) is 3.26. The second kappa shape index (κ2) is 10.9. The quantitative estimate of drug-likeness (QED) is 0.238. The molecule has 4 aromatic rings. The molecule has 1 aromatic heterocycles. The second-order valence-corrected chi connectivity index (χ2v) is 8.87. The predicted octanol–water partition coefficient (Wildman–Crippen LogP) is 7.00. The minimum absolute atomic E-state index is 0.0849. The zero-order valence-corrected chi connectivity index (χ0v) is 20.1. The first-order valence-electron chi connectivity index (χ1n) is 11.8.